The van der Waals surface area contributed by atoms with E-state index in [0.29, 0.717) is 17.5 Å². The molecule has 0 fully saturated rings. The van der Waals surface area contributed by atoms with Gasteiger partial charge in [0, 0.05) is 38.4 Å². The fraction of sp³-hybridized carbons (Fsp3) is 0. The van der Waals surface area contributed by atoms with Crippen molar-refractivity contribution in [2.24, 2.45) is 0 Å². The Balaban J connectivity index is 1.15. The van der Waals surface area contributed by atoms with Gasteiger partial charge < -0.3 is 0 Å². The first kappa shape index (κ1) is 29.8. The van der Waals surface area contributed by atoms with Crippen LogP contribution in [0.15, 0.2) is 182 Å². The van der Waals surface area contributed by atoms with Gasteiger partial charge in [0.15, 0.2) is 17.5 Å². The van der Waals surface area contributed by atoms with Crippen molar-refractivity contribution >= 4 is 43.2 Å². The van der Waals surface area contributed by atoms with Gasteiger partial charge in [0.2, 0.25) is 0 Å². The number of pyridine rings is 1. The monoisotopic (exact) mass is 662 g/mol. The average Bonchev–Trinajstić information content (AvgIpc) is 3.23. The van der Waals surface area contributed by atoms with Gasteiger partial charge in [0.1, 0.15) is 0 Å². The average molecular weight is 663 g/mol. The van der Waals surface area contributed by atoms with Crippen LogP contribution in [0.2, 0.25) is 0 Å². The lowest BCUT2D eigenvalue weighted by atomic mass is 9.88. The highest BCUT2D eigenvalue weighted by atomic mass is 15.0. The number of fused-ring (bicyclic) bond motifs is 6. The van der Waals surface area contributed by atoms with Crippen molar-refractivity contribution in [2.45, 2.75) is 0 Å². The molecule has 8 aromatic carbocycles. The summed E-state index contributed by atoms with van der Waals surface area (Å²) in [6, 6.07) is 63.5. The van der Waals surface area contributed by atoms with E-state index in [0.717, 1.165) is 44.2 Å². The Kier molecular flexibility index (Phi) is 7.10. The predicted molar refractivity (Wildman–Crippen MR) is 215 cm³/mol. The molecule has 0 saturated carbocycles. The number of aromatic nitrogens is 4. The van der Waals surface area contributed by atoms with Crippen LogP contribution in [-0.4, -0.2) is 19.9 Å². The Morgan fingerprint density at radius 3 is 1.46 bits per heavy atom. The zero-order valence-electron chi connectivity index (χ0n) is 28.1. The van der Waals surface area contributed by atoms with Crippen LogP contribution in [0.4, 0.5) is 0 Å². The number of nitrogens with zero attached hydrogens (tertiary/aromatic N) is 4. The van der Waals surface area contributed by atoms with Crippen molar-refractivity contribution in [3.63, 3.8) is 0 Å². The van der Waals surface area contributed by atoms with Crippen LogP contribution in [0.1, 0.15) is 0 Å². The molecule has 0 spiro atoms. The summed E-state index contributed by atoms with van der Waals surface area (Å²) in [6.45, 7) is 0. The second-order valence-electron chi connectivity index (χ2n) is 13.0. The van der Waals surface area contributed by atoms with E-state index < -0.39 is 0 Å². The Morgan fingerprint density at radius 2 is 0.788 bits per heavy atom. The molecule has 0 saturated heterocycles. The van der Waals surface area contributed by atoms with Crippen LogP contribution in [-0.2, 0) is 0 Å². The first-order chi connectivity index (χ1) is 25.8. The van der Waals surface area contributed by atoms with Gasteiger partial charge in [-0.1, -0.05) is 170 Å². The predicted octanol–water partition coefficient (Wildman–Crippen LogP) is 12.2. The summed E-state index contributed by atoms with van der Waals surface area (Å²) in [6.07, 6.45) is 0. The molecule has 52 heavy (non-hydrogen) atoms. The van der Waals surface area contributed by atoms with Crippen LogP contribution in [0.25, 0.3) is 99.8 Å². The smallest absolute Gasteiger partial charge is 0.164 e. The standard InChI is InChI=1S/C48H30N4/c1-3-14-32(15-4-1)46-50-47(33-16-5-2-6-17-33)52-48(51-46)34-28-26-31(27-29-34)45-41-24-13-23-39(44(41)40-22-11-12-25-43(40)49-45)42-30-35-18-7-8-19-36(35)37-20-9-10-21-38(37)42/h1-30H. The Bertz CT molecular complexity index is 2880. The summed E-state index contributed by atoms with van der Waals surface area (Å²) in [7, 11) is 0. The van der Waals surface area contributed by atoms with E-state index in [9.17, 15) is 0 Å². The van der Waals surface area contributed by atoms with Gasteiger partial charge in [-0.15, -0.1) is 0 Å². The molecule has 0 bridgehead atoms. The van der Waals surface area contributed by atoms with Crippen molar-refractivity contribution < 1.29 is 0 Å². The second kappa shape index (κ2) is 12.4. The van der Waals surface area contributed by atoms with Gasteiger partial charge in [-0.2, -0.15) is 0 Å². The number of rotatable bonds is 5. The number of hydrogen-bond donors (Lipinski definition) is 0. The minimum Gasteiger partial charge on any atom is -0.247 e. The summed E-state index contributed by atoms with van der Waals surface area (Å²) in [5, 5.41) is 8.43. The highest BCUT2D eigenvalue weighted by Crippen LogP contribution is 2.42. The van der Waals surface area contributed by atoms with Gasteiger partial charge in [0.05, 0.1) is 11.2 Å². The molecule has 4 heteroatoms. The molecule has 2 aromatic heterocycles. The van der Waals surface area contributed by atoms with Gasteiger partial charge in [-0.3, -0.25) is 0 Å². The molecule has 0 aliphatic heterocycles. The van der Waals surface area contributed by atoms with Crippen molar-refractivity contribution in [1.29, 1.82) is 0 Å². The highest BCUT2D eigenvalue weighted by molar-refractivity contribution is 6.21. The van der Waals surface area contributed by atoms with Crippen LogP contribution in [0, 0.1) is 0 Å². The molecule has 242 valence electrons. The summed E-state index contributed by atoms with van der Waals surface area (Å²) < 4.78 is 0. The zero-order valence-corrected chi connectivity index (χ0v) is 28.1. The first-order valence-corrected chi connectivity index (χ1v) is 17.5. The van der Waals surface area contributed by atoms with E-state index in [1.165, 1.54) is 38.1 Å². The quantitative estimate of drug-likeness (QED) is 0.172. The van der Waals surface area contributed by atoms with E-state index in [2.05, 4.69) is 121 Å². The summed E-state index contributed by atoms with van der Waals surface area (Å²) in [5.41, 5.74) is 8.15. The molecule has 0 atom stereocenters. The second-order valence-corrected chi connectivity index (χ2v) is 13.0. The van der Waals surface area contributed by atoms with Gasteiger partial charge in [-0.05, 0) is 44.8 Å². The molecule has 0 radical (unpaired) electrons. The lowest BCUT2D eigenvalue weighted by molar-refractivity contribution is 1.07. The van der Waals surface area contributed by atoms with Crippen LogP contribution in [0.5, 0.6) is 0 Å². The maximum atomic E-state index is 5.29. The summed E-state index contributed by atoms with van der Waals surface area (Å²) in [5.74, 6) is 1.91. The van der Waals surface area contributed by atoms with Crippen LogP contribution >= 0.6 is 0 Å². The molecule has 0 unspecified atom stereocenters. The Hall–Kier alpha value is -7.04. The molecule has 2 heterocycles. The van der Waals surface area contributed by atoms with Crippen LogP contribution in [0.3, 0.4) is 0 Å². The minimum absolute atomic E-state index is 0.626. The number of para-hydroxylation sites is 1. The van der Waals surface area contributed by atoms with Crippen molar-refractivity contribution in [2.75, 3.05) is 0 Å². The SMILES string of the molecule is c1ccc(-c2nc(-c3ccccc3)nc(-c3ccc(-c4nc5ccccc5c5c(-c6cc7ccccc7c7ccccc67)cccc45)cc3)n2)cc1. The third-order valence-electron chi connectivity index (χ3n) is 9.90. The lowest BCUT2D eigenvalue weighted by Crippen LogP contribution is -2.00. The lowest BCUT2D eigenvalue weighted by Gasteiger charge is -2.17. The topological polar surface area (TPSA) is 51.6 Å². The molecule has 10 aromatic rings. The van der Waals surface area contributed by atoms with Crippen molar-refractivity contribution in [1.82, 2.24) is 19.9 Å². The van der Waals surface area contributed by atoms with E-state index in [1.54, 1.807) is 0 Å². The van der Waals surface area contributed by atoms with E-state index in [-0.39, 0.29) is 0 Å². The highest BCUT2D eigenvalue weighted by Gasteiger charge is 2.18. The molecule has 0 N–H and O–H groups in total. The Morgan fingerprint density at radius 1 is 0.288 bits per heavy atom. The fourth-order valence-electron chi connectivity index (χ4n) is 7.44. The minimum atomic E-state index is 0.626. The molecule has 0 aliphatic carbocycles. The molecule has 10 rings (SSSR count). The normalized spacial score (nSPS) is 11.5. The van der Waals surface area contributed by atoms with Crippen LogP contribution < -0.4 is 0 Å². The number of hydrogen-bond acceptors (Lipinski definition) is 4. The molecular formula is C48H30N4. The van der Waals surface area contributed by atoms with Gasteiger partial charge in [0.25, 0.3) is 0 Å². The molecule has 0 aliphatic rings. The maximum Gasteiger partial charge on any atom is 0.164 e. The van der Waals surface area contributed by atoms with Gasteiger partial charge in [-0.25, -0.2) is 19.9 Å². The molecule has 0 amide bonds. The summed E-state index contributed by atoms with van der Waals surface area (Å²) in [4.78, 5) is 20.0. The van der Waals surface area contributed by atoms with Crippen molar-refractivity contribution in [3.05, 3.63) is 182 Å². The summed E-state index contributed by atoms with van der Waals surface area (Å²) >= 11 is 0. The van der Waals surface area contributed by atoms with E-state index >= 15 is 0 Å². The zero-order chi connectivity index (χ0) is 34.4. The first-order valence-electron chi connectivity index (χ1n) is 17.5. The van der Waals surface area contributed by atoms with Crippen molar-refractivity contribution in [3.8, 4) is 56.5 Å². The molecule has 4 nitrogen and oxygen atoms in total. The largest absolute Gasteiger partial charge is 0.247 e. The maximum absolute atomic E-state index is 5.29. The third-order valence-corrected chi connectivity index (χ3v) is 9.90. The number of benzene rings is 8. The molecular weight excluding hydrogens is 633 g/mol. The van der Waals surface area contributed by atoms with E-state index in [1.807, 2.05) is 60.7 Å². The van der Waals surface area contributed by atoms with E-state index in [4.69, 9.17) is 19.9 Å². The van der Waals surface area contributed by atoms with Gasteiger partial charge >= 0.3 is 0 Å². The Labute approximate surface area is 300 Å². The fourth-order valence-corrected chi connectivity index (χ4v) is 7.44. The third kappa shape index (κ3) is 5.09.